The van der Waals surface area contributed by atoms with Gasteiger partial charge >= 0.3 is 0 Å². The molecule has 5 amide bonds. The van der Waals surface area contributed by atoms with E-state index in [-0.39, 0.29) is 35.3 Å². The van der Waals surface area contributed by atoms with E-state index in [0.717, 1.165) is 4.90 Å². The number of Topliss-reactive ketones (excluding diaryl/α,β-unsaturated/α-hetero) is 1. The smallest absolute Gasteiger partial charge is 0.262 e. The van der Waals surface area contributed by atoms with Crippen LogP contribution < -0.4 is 10.6 Å². The fourth-order valence-electron chi connectivity index (χ4n) is 3.76. The third-order valence-electron chi connectivity index (χ3n) is 5.49. The zero-order chi connectivity index (χ0) is 23.0. The molecule has 0 aliphatic carbocycles. The third kappa shape index (κ3) is 3.68. The molecule has 2 aliphatic heterocycles. The van der Waals surface area contributed by atoms with E-state index in [1.807, 2.05) is 0 Å². The lowest BCUT2D eigenvalue weighted by Gasteiger charge is -2.27. The number of carbonyl (C=O) groups is 6. The van der Waals surface area contributed by atoms with Crippen LogP contribution in [0.15, 0.2) is 42.5 Å². The molecule has 0 spiro atoms. The Morgan fingerprint density at radius 3 is 2.28 bits per heavy atom. The lowest BCUT2D eigenvalue weighted by atomic mass is 10.0. The number of benzene rings is 2. The van der Waals surface area contributed by atoms with Crippen LogP contribution in [-0.4, -0.2) is 46.3 Å². The number of ketones is 1. The zero-order valence-electron chi connectivity index (χ0n) is 17.1. The molecular formula is C23H19N3O6. The summed E-state index contributed by atoms with van der Waals surface area (Å²) in [7, 11) is 0. The van der Waals surface area contributed by atoms with Crippen LogP contribution in [-0.2, 0) is 9.59 Å². The van der Waals surface area contributed by atoms with Crippen LogP contribution >= 0.6 is 0 Å². The van der Waals surface area contributed by atoms with Crippen LogP contribution in [0.5, 0.6) is 0 Å². The van der Waals surface area contributed by atoms with Gasteiger partial charge in [-0.1, -0.05) is 6.92 Å². The molecule has 0 radical (unpaired) electrons. The van der Waals surface area contributed by atoms with Gasteiger partial charge in [0.15, 0.2) is 5.78 Å². The summed E-state index contributed by atoms with van der Waals surface area (Å²) in [5, 5.41) is 4.82. The van der Waals surface area contributed by atoms with Crippen molar-refractivity contribution in [3.05, 3.63) is 64.7 Å². The Hall–Kier alpha value is -4.14. The highest BCUT2D eigenvalue weighted by atomic mass is 16.2. The van der Waals surface area contributed by atoms with E-state index in [0.29, 0.717) is 17.7 Å². The average Bonchev–Trinajstić information content (AvgIpc) is 3.03. The molecule has 0 bridgehead atoms. The van der Waals surface area contributed by atoms with Gasteiger partial charge in [0.1, 0.15) is 6.04 Å². The highest BCUT2D eigenvalue weighted by molar-refractivity contribution is 6.24. The Morgan fingerprint density at radius 2 is 1.62 bits per heavy atom. The Bertz CT molecular complexity index is 1180. The van der Waals surface area contributed by atoms with Crippen molar-refractivity contribution < 1.29 is 28.8 Å². The molecule has 162 valence electrons. The van der Waals surface area contributed by atoms with Gasteiger partial charge in [-0.15, -0.1) is 0 Å². The molecule has 9 heteroatoms. The standard InChI is InChI=1S/C23H19N3O6/c1-2-18(27)12-3-6-14(7-4-12)24-20(29)13-5-8-15-16(11-13)23(32)26(22(15)31)17-9-10-19(28)25-21(17)30/h3-8,11,17H,2,9-10H2,1H3,(H,24,29)(H,25,28,30). The second-order valence-electron chi connectivity index (χ2n) is 7.52. The first-order chi connectivity index (χ1) is 15.3. The number of carbonyl (C=O) groups excluding carboxylic acids is 6. The average molecular weight is 433 g/mol. The number of imide groups is 2. The van der Waals surface area contributed by atoms with Crippen LogP contribution in [0.3, 0.4) is 0 Å². The predicted molar refractivity (Wildman–Crippen MR) is 112 cm³/mol. The molecule has 1 atom stereocenters. The van der Waals surface area contributed by atoms with Gasteiger partial charge < -0.3 is 5.32 Å². The summed E-state index contributed by atoms with van der Waals surface area (Å²) in [5.74, 6) is -2.97. The first kappa shape index (κ1) is 21.1. The monoisotopic (exact) mass is 433 g/mol. The predicted octanol–water partition coefficient (Wildman–Crippen LogP) is 1.93. The summed E-state index contributed by atoms with van der Waals surface area (Å²) in [6.45, 7) is 1.76. The number of hydrogen-bond donors (Lipinski definition) is 2. The van der Waals surface area contributed by atoms with Crippen molar-refractivity contribution in [1.82, 2.24) is 10.2 Å². The number of fused-ring (bicyclic) bond motifs is 1. The van der Waals surface area contributed by atoms with Gasteiger partial charge in [0.05, 0.1) is 11.1 Å². The number of piperidine rings is 1. The van der Waals surface area contributed by atoms with E-state index in [1.54, 1.807) is 31.2 Å². The van der Waals surface area contributed by atoms with Gasteiger partial charge in [0.25, 0.3) is 17.7 Å². The normalized spacial score (nSPS) is 17.8. The molecule has 1 unspecified atom stereocenters. The molecule has 32 heavy (non-hydrogen) atoms. The molecule has 2 aromatic carbocycles. The summed E-state index contributed by atoms with van der Waals surface area (Å²) >= 11 is 0. The number of rotatable bonds is 5. The van der Waals surface area contributed by atoms with E-state index in [2.05, 4.69) is 10.6 Å². The van der Waals surface area contributed by atoms with Gasteiger partial charge in [-0.2, -0.15) is 0 Å². The Balaban J connectivity index is 1.53. The quantitative estimate of drug-likeness (QED) is 0.548. The van der Waals surface area contributed by atoms with Crippen LogP contribution in [0.4, 0.5) is 5.69 Å². The Kier molecular flexibility index (Phi) is 5.40. The summed E-state index contributed by atoms with van der Waals surface area (Å²) in [4.78, 5) is 74.3. The van der Waals surface area contributed by atoms with Crippen LogP contribution in [0.2, 0.25) is 0 Å². The van der Waals surface area contributed by atoms with Gasteiger partial charge in [0.2, 0.25) is 11.8 Å². The number of amides is 5. The minimum atomic E-state index is -1.07. The number of nitrogens with one attached hydrogen (secondary N) is 2. The van der Waals surface area contributed by atoms with Crippen molar-refractivity contribution in [3.63, 3.8) is 0 Å². The summed E-state index contributed by atoms with van der Waals surface area (Å²) in [6, 6.07) is 9.48. The molecule has 2 N–H and O–H groups in total. The lowest BCUT2D eigenvalue weighted by Crippen LogP contribution is -2.54. The summed E-state index contributed by atoms with van der Waals surface area (Å²) < 4.78 is 0. The summed E-state index contributed by atoms with van der Waals surface area (Å²) in [6.07, 6.45) is 0.462. The molecule has 0 saturated carbocycles. The highest BCUT2D eigenvalue weighted by Crippen LogP contribution is 2.28. The maximum atomic E-state index is 12.9. The van der Waals surface area contributed by atoms with Crippen molar-refractivity contribution in [2.24, 2.45) is 0 Å². The Labute approximate surface area is 182 Å². The minimum absolute atomic E-state index is 0.00903. The highest BCUT2D eigenvalue weighted by Gasteiger charge is 2.44. The SMILES string of the molecule is CCC(=O)c1ccc(NC(=O)c2ccc3c(c2)C(=O)N(C2CCC(=O)NC2=O)C3=O)cc1. The third-order valence-corrected chi connectivity index (χ3v) is 5.49. The van der Waals surface area contributed by atoms with Crippen molar-refractivity contribution in [2.75, 3.05) is 5.32 Å². The van der Waals surface area contributed by atoms with Crippen molar-refractivity contribution in [1.29, 1.82) is 0 Å². The first-order valence-corrected chi connectivity index (χ1v) is 10.1. The van der Waals surface area contributed by atoms with Crippen molar-refractivity contribution in [2.45, 2.75) is 32.2 Å². The molecule has 1 saturated heterocycles. The molecule has 2 heterocycles. The number of anilines is 1. The van der Waals surface area contributed by atoms with Crippen LogP contribution in [0.25, 0.3) is 0 Å². The minimum Gasteiger partial charge on any atom is -0.322 e. The van der Waals surface area contributed by atoms with E-state index < -0.39 is 35.6 Å². The fraction of sp³-hybridized carbons (Fsp3) is 0.217. The molecule has 2 aliphatic rings. The lowest BCUT2D eigenvalue weighted by molar-refractivity contribution is -0.136. The molecule has 4 rings (SSSR count). The topological polar surface area (TPSA) is 130 Å². The van der Waals surface area contributed by atoms with E-state index in [4.69, 9.17) is 0 Å². The fourth-order valence-corrected chi connectivity index (χ4v) is 3.76. The van der Waals surface area contributed by atoms with Gasteiger partial charge in [-0.05, 0) is 48.9 Å². The summed E-state index contributed by atoms with van der Waals surface area (Å²) in [5.41, 5.74) is 1.29. The zero-order valence-corrected chi connectivity index (χ0v) is 17.1. The number of nitrogens with zero attached hydrogens (tertiary/aromatic N) is 1. The maximum absolute atomic E-state index is 12.9. The molecule has 0 aromatic heterocycles. The van der Waals surface area contributed by atoms with Crippen LogP contribution in [0.1, 0.15) is 67.6 Å². The van der Waals surface area contributed by atoms with Gasteiger partial charge in [-0.3, -0.25) is 39.0 Å². The largest absolute Gasteiger partial charge is 0.322 e. The van der Waals surface area contributed by atoms with E-state index >= 15 is 0 Å². The Morgan fingerprint density at radius 1 is 0.969 bits per heavy atom. The molecular weight excluding hydrogens is 414 g/mol. The van der Waals surface area contributed by atoms with E-state index in [9.17, 15) is 28.8 Å². The van der Waals surface area contributed by atoms with Crippen molar-refractivity contribution in [3.8, 4) is 0 Å². The van der Waals surface area contributed by atoms with Crippen molar-refractivity contribution >= 4 is 41.0 Å². The molecule has 2 aromatic rings. The van der Waals surface area contributed by atoms with E-state index in [1.165, 1.54) is 18.2 Å². The maximum Gasteiger partial charge on any atom is 0.262 e. The molecule has 9 nitrogen and oxygen atoms in total. The van der Waals surface area contributed by atoms with Gasteiger partial charge in [0, 0.05) is 29.7 Å². The van der Waals surface area contributed by atoms with Crippen LogP contribution in [0, 0.1) is 0 Å². The second-order valence-corrected chi connectivity index (χ2v) is 7.52. The number of hydrogen-bond acceptors (Lipinski definition) is 6. The second kappa shape index (κ2) is 8.18. The molecule has 1 fully saturated rings. The van der Waals surface area contributed by atoms with Gasteiger partial charge in [-0.25, -0.2) is 0 Å². The first-order valence-electron chi connectivity index (χ1n) is 10.1.